The van der Waals surface area contributed by atoms with Crippen LogP contribution in [0.25, 0.3) is 0 Å². The van der Waals surface area contributed by atoms with Gasteiger partial charge >= 0.3 is 12.0 Å². The summed E-state index contributed by atoms with van der Waals surface area (Å²) in [5.74, 6) is -1.24. The Morgan fingerprint density at radius 2 is 1.75 bits per heavy atom. The van der Waals surface area contributed by atoms with Crippen molar-refractivity contribution in [3.63, 3.8) is 0 Å². The summed E-state index contributed by atoms with van der Waals surface area (Å²) in [6.45, 7) is -0.106. The number of hydrogen-bond acceptors (Lipinski definition) is 3. The molecule has 7 heteroatoms. The maximum atomic E-state index is 11.5. The van der Waals surface area contributed by atoms with E-state index in [9.17, 15) is 14.4 Å². The molecule has 0 aliphatic carbocycles. The Labute approximate surface area is 94.0 Å². The van der Waals surface area contributed by atoms with Gasteiger partial charge in [-0.25, -0.2) is 4.79 Å². The third-order valence-electron chi connectivity index (χ3n) is 1.98. The molecule has 0 atom stereocenters. The maximum Gasteiger partial charge on any atom is 0.323 e. The summed E-state index contributed by atoms with van der Waals surface area (Å²) in [6.07, 6.45) is 0.194. The average molecular weight is 231 g/mol. The zero-order valence-electron chi connectivity index (χ0n) is 9.69. The van der Waals surface area contributed by atoms with E-state index < -0.39 is 12.0 Å². The molecule has 2 N–H and O–H groups in total. The van der Waals surface area contributed by atoms with Crippen molar-refractivity contribution in [2.45, 2.75) is 6.42 Å². The lowest BCUT2D eigenvalue weighted by Crippen LogP contribution is -2.42. The summed E-state index contributed by atoms with van der Waals surface area (Å²) < 4.78 is 0. The quantitative estimate of drug-likeness (QED) is 0.647. The van der Waals surface area contributed by atoms with E-state index in [0.29, 0.717) is 0 Å². The first-order chi connectivity index (χ1) is 7.38. The standard InChI is InChI=1S/C9H17N3O4/c1-10-7(13)4-5-11(2)9(16)12(3)6-8(14)15/h4-6H2,1-3H3,(H,10,13)(H,14,15). The highest BCUT2D eigenvalue weighted by molar-refractivity contribution is 5.80. The molecule has 0 heterocycles. The number of rotatable bonds is 5. The number of carbonyl (C=O) groups excluding carboxylic acids is 2. The van der Waals surface area contributed by atoms with Crippen LogP contribution in [0.5, 0.6) is 0 Å². The third kappa shape index (κ3) is 5.18. The topological polar surface area (TPSA) is 90.0 Å². The Morgan fingerprint density at radius 3 is 2.19 bits per heavy atom. The summed E-state index contributed by atoms with van der Waals surface area (Å²) in [4.78, 5) is 35.2. The van der Waals surface area contributed by atoms with Crippen LogP contribution in [-0.4, -0.2) is 67.0 Å². The first-order valence-corrected chi connectivity index (χ1v) is 4.77. The molecule has 3 amide bonds. The number of likely N-dealkylation sites (N-methyl/N-ethyl adjacent to an activating group) is 1. The van der Waals surface area contributed by atoms with Crippen LogP contribution in [0.4, 0.5) is 4.79 Å². The minimum atomic E-state index is -1.07. The predicted octanol–water partition coefficient (Wildman–Crippen LogP) is -0.809. The molecule has 0 radical (unpaired) electrons. The summed E-state index contributed by atoms with van der Waals surface area (Å²) in [7, 11) is 4.43. The van der Waals surface area contributed by atoms with Crippen LogP contribution in [0.15, 0.2) is 0 Å². The van der Waals surface area contributed by atoms with Gasteiger partial charge in [-0.2, -0.15) is 0 Å². The molecular weight excluding hydrogens is 214 g/mol. The molecular formula is C9H17N3O4. The third-order valence-corrected chi connectivity index (χ3v) is 1.98. The minimum absolute atomic E-state index is 0.166. The number of urea groups is 1. The molecule has 0 aliphatic heterocycles. The highest BCUT2D eigenvalue weighted by atomic mass is 16.4. The van der Waals surface area contributed by atoms with E-state index in [1.807, 2.05) is 0 Å². The Balaban J connectivity index is 4.07. The van der Waals surface area contributed by atoms with Gasteiger partial charge in [0, 0.05) is 34.1 Å². The Kier molecular flexibility index (Phi) is 5.91. The minimum Gasteiger partial charge on any atom is -0.480 e. The number of carbonyl (C=O) groups is 3. The van der Waals surface area contributed by atoms with Crippen molar-refractivity contribution in [1.29, 1.82) is 0 Å². The fourth-order valence-electron chi connectivity index (χ4n) is 1.05. The number of amides is 3. The zero-order chi connectivity index (χ0) is 12.7. The fraction of sp³-hybridized carbons (Fsp3) is 0.667. The van der Waals surface area contributed by atoms with Crippen LogP contribution in [0.1, 0.15) is 6.42 Å². The van der Waals surface area contributed by atoms with Crippen molar-refractivity contribution in [1.82, 2.24) is 15.1 Å². The number of aliphatic carboxylic acids is 1. The van der Waals surface area contributed by atoms with E-state index in [4.69, 9.17) is 5.11 Å². The van der Waals surface area contributed by atoms with Crippen molar-refractivity contribution < 1.29 is 19.5 Å². The van der Waals surface area contributed by atoms with Gasteiger partial charge in [0.1, 0.15) is 6.54 Å². The molecule has 0 aromatic heterocycles. The molecule has 92 valence electrons. The molecule has 0 fully saturated rings. The highest BCUT2D eigenvalue weighted by Crippen LogP contribution is 1.95. The largest absolute Gasteiger partial charge is 0.480 e. The van der Waals surface area contributed by atoms with E-state index in [-0.39, 0.29) is 25.4 Å². The molecule has 0 bridgehead atoms. The van der Waals surface area contributed by atoms with Crippen molar-refractivity contribution in [3.8, 4) is 0 Å². The van der Waals surface area contributed by atoms with Crippen LogP contribution in [0.2, 0.25) is 0 Å². The molecule has 0 saturated carbocycles. The predicted molar refractivity (Wildman–Crippen MR) is 57.0 cm³/mol. The first kappa shape index (κ1) is 14.2. The number of nitrogens with one attached hydrogen (secondary N) is 1. The molecule has 0 aromatic carbocycles. The SMILES string of the molecule is CNC(=O)CCN(C)C(=O)N(C)CC(=O)O. The van der Waals surface area contributed by atoms with E-state index in [0.717, 1.165) is 4.90 Å². The number of carboxylic acids is 1. The van der Waals surface area contributed by atoms with E-state index in [1.54, 1.807) is 0 Å². The molecule has 0 saturated heterocycles. The smallest absolute Gasteiger partial charge is 0.323 e. The van der Waals surface area contributed by atoms with E-state index >= 15 is 0 Å². The Bertz CT molecular complexity index is 280. The van der Waals surface area contributed by atoms with Gasteiger partial charge in [0.05, 0.1) is 0 Å². The second kappa shape index (κ2) is 6.65. The Morgan fingerprint density at radius 1 is 1.19 bits per heavy atom. The summed E-state index contributed by atoms with van der Waals surface area (Å²) in [5.41, 5.74) is 0. The van der Waals surface area contributed by atoms with Gasteiger partial charge in [-0.3, -0.25) is 9.59 Å². The van der Waals surface area contributed by atoms with Gasteiger partial charge in [-0.1, -0.05) is 0 Å². The second-order valence-electron chi connectivity index (χ2n) is 3.38. The van der Waals surface area contributed by atoms with Crippen LogP contribution < -0.4 is 5.32 Å². The van der Waals surface area contributed by atoms with Crippen LogP contribution in [0, 0.1) is 0 Å². The molecule has 0 aromatic rings. The lowest BCUT2D eigenvalue weighted by molar-refractivity contribution is -0.137. The fourth-order valence-corrected chi connectivity index (χ4v) is 1.05. The molecule has 7 nitrogen and oxygen atoms in total. The monoisotopic (exact) mass is 231 g/mol. The number of nitrogens with zero attached hydrogens (tertiary/aromatic N) is 2. The van der Waals surface area contributed by atoms with Gasteiger partial charge < -0.3 is 20.2 Å². The average Bonchev–Trinajstić information content (AvgIpc) is 2.23. The molecule has 16 heavy (non-hydrogen) atoms. The lowest BCUT2D eigenvalue weighted by atomic mass is 10.4. The molecule has 0 rings (SSSR count). The van der Waals surface area contributed by atoms with Gasteiger partial charge in [-0.15, -0.1) is 0 Å². The van der Waals surface area contributed by atoms with E-state index in [1.165, 1.54) is 26.0 Å². The zero-order valence-corrected chi connectivity index (χ0v) is 9.69. The van der Waals surface area contributed by atoms with E-state index in [2.05, 4.69) is 5.32 Å². The summed E-state index contributed by atoms with van der Waals surface area (Å²) >= 11 is 0. The van der Waals surface area contributed by atoms with Gasteiger partial charge in [-0.05, 0) is 0 Å². The van der Waals surface area contributed by atoms with Crippen molar-refractivity contribution in [2.24, 2.45) is 0 Å². The molecule has 0 aliphatic rings. The first-order valence-electron chi connectivity index (χ1n) is 4.77. The summed E-state index contributed by atoms with van der Waals surface area (Å²) in [6, 6.07) is -0.425. The second-order valence-corrected chi connectivity index (χ2v) is 3.38. The summed E-state index contributed by atoms with van der Waals surface area (Å²) in [5, 5.41) is 10.9. The highest BCUT2D eigenvalue weighted by Gasteiger charge is 2.16. The van der Waals surface area contributed by atoms with Crippen LogP contribution in [-0.2, 0) is 9.59 Å². The number of carboxylic acid groups (broad SMARTS) is 1. The normalized spacial score (nSPS) is 9.44. The van der Waals surface area contributed by atoms with Crippen LogP contribution >= 0.6 is 0 Å². The lowest BCUT2D eigenvalue weighted by Gasteiger charge is -2.23. The van der Waals surface area contributed by atoms with Gasteiger partial charge in [0.25, 0.3) is 0 Å². The van der Waals surface area contributed by atoms with Crippen molar-refractivity contribution in [3.05, 3.63) is 0 Å². The van der Waals surface area contributed by atoms with Crippen LogP contribution in [0.3, 0.4) is 0 Å². The Hall–Kier alpha value is -1.79. The number of hydrogen-bond donors (Lipinski definition) is 2. The van der Waals surface area contributed by atoms with Crippen molar-refractivity contribution in [2.75, 3.05) is 34.2 Å². The molecule has 0 unspecified atom stereocenters. The maximum absolute atomic E-state index is 11.5. The molecule has 0 spiro atoms. The van der Waals surface area contributed by atoms with Gasteiger partial charge in [0.2, 0.25) is 5.91 Å². The van der Waals surface area contributed by atoms with Crippen molar-refractivity contribution >= 4 is 17.9 Å². The van der Waals surface area contributed by atoms with Gasteiger partial charge in [0.15, 0.2) is 0 Å².